The van der Waals surface area contributed by atoms with E-state index in [2.05, 4.69) is 56.6 Å². The number of ketones is 1. The van der Waals surface area contributed by atoms with Gasteiger partial charge in [0.1, 0.15) is 11.6 Å². The number of fused-ring (bicyclic) bond motifs is 1. The van der Waals surface area contributed by atoms with Crippen LogP contribution in [0.15, 0.2) is 24.4 Å². The second kappa shape index (κ2) is 7.41. The quantitative estimate of drug-likeness (QED) is 0.766. The fourth-order valence-electron chi connectivity index (χ4n) is 3.90. The number of benzene rings is 1. The van der Waals surface area contributed by atoms with Gasteiger partial charge in [0.15, 0.2) is 0 Å². The minimum absolute atomic E-state index is 0.0172. The summed E-state index contributed by atoms with van der Waals surface area (Å²) in [5.74, 6) is 0.00516. The van der Waals surface area contributed by atoms with Crippen molar-refractivity contribution in [2.75, 3.05) is 11.4 Å². The predicted octanol–water partition coefficient (Wildman–Crippen LogP) is 4.95. The molecular weight excluding hydrogens is 339 g/mol. The summed E-state index contributed by atoms with van der Waals surface area (Å²) in [6, 6.07) is 5.91. The number of rotatable bonds is 4. The van der Waals surface area contributed by atoms with Crippen LogP contribution in [0.3, 0.4) is 0 Å². The first-order valence-electron chi connectivity index (χ1n) is 9.62. The summed E-state index contributed by atoms with van der Waals surface area (Å²) in [5.41, 5.74) is 6.53. The van der Waals surface area contributed by atoms with Crippen LogP contribution < -0.4 is 4.90 Å². The molecule has 4 heteroatoms. The minimum atomic E-state index is -0.282. The van der Waals surface area contributed by atoms with Crippen LogP contribution in [0.4, 0.5) is 10.1 Å². The number of aromatic nitrogens is 1. The number of hydrogen-bond donors (Lipinski definition) is 0. The Kier molecular flexibility index (Phi) is 5.36. The van der Waals surface area contributed by atoms with Crippen LogP contribution >= 0.6 is 0 Å². The van der Waals surface area contributed by atoms with Crippen LogP contribution in [0.5, 0.6) is 0 Å². The monoisotopic (exact) mass is 368 g/mol. The maximum Gasteiger partial charge on any atom is 0.141 e. The van der Waals surface area contributed by atoms with Crippen molar-refractivity contribution in [3.63, 3.8) is 0 Å². The number of aryl methyl sites for hydroxylation is 2. The Morgan fingerprint density at radius 2 is 1.85 bits per heavy atom. The third-order valence-electron chi connectivity index (χ3n) is 5.15. The zero-order valence-electron chi connectivity index (χ0n) is 17.0. The molecular formula is C23H29FN2O. The molecule has 27 heavy (non-hydrogen) atoms. The normalized spacial score (nSPS) is 14.2. The van der Waals surface area contributed by atoms with Gasteiger partial charge in [-0.1, -0.05) is 20.8 Å². The lowest BCUT2D eigenvalue weighted by atomic mass is 9.86. The Morgan fingerprint density at radius 3 is 2.48 bits per heavy atom. The molecule has 1 aliphatic heterocycles. The molecule has 0 fully saturated rings. The third-order valence-corrected chi connectivity index (χ3v) is 5.15. The molecule has 0 saturated heterocycles. The van der Waals surface area contributed by atoms with E-state index in [0.29, 0.717) is 19.4 Å². The molecule has 0 spiro atoms. The smallest absolute Gasteiger partial charge is 0.141 e. The summed E-state index contributed by atoms with van der Waals surface area (Å²) in [6.07, 6.45) is 3.20. The fourth-order valence-corrected chi connectivity index (χ4v) is 3.90. The maximum atomic E-state index is 13.5. The summed E-state index contributed by atoms with van der Waals surface area (Å²) in [7, 11) is 0. The van der Waals surface area contributed by atoms with Crippen molar-refractivity contribution in [2.45, 2.75) is 60.4 Å². The summed E-state index contributed by atoms with van der Waals surface area (Å²) < 4.78 is 13.5. The number of Topliss-reactive ketones (excluding diaryl/α,β-unsaturated/α-hetero) is 1. The van der Waals surface area contributed by atoms with Gasteiger partial charge >= 0.3 is 0 Å². The van der Waals surface area contributed by atoms with Gasteiger partial charge in [0.25, 0.3) is 0 Å². The van der Waals surface area contributed by atoms with Crippen molar-refractivity contribution < 1.29 is 9.18 Å². The Hall–Kier alpha value is -2.23. The first kappa shape index (κ1) is 19.5. The number of nitrogens with zero attached hydrogens (tertiary/aromatic N) is 2. The van der Waals surface area contributed by atoms with Crippen LogP contribution in [0, 0.1) is 25.1 Å². The molecule has 2 aromatic rings. The number of carbonyl (C=O) groups is 1. The Morgan fingerprint density at radius 1 is 1.19 bits per heavy atom. The number of halogens is 1. The van der Waals surface area contributed by atoms with E-state index in [1.54, 1.807) is 6.07 Å². The fraction of sp³-hybridized carbons (Fsp3) is 0.478. The van der Waals surface area contributed by atoms with Crippen LogP contribution in [0.1, 0.15) is 55.1 Å². The molecule has 1 aromatic heterocycles. The van der Waals surface area contributed by atoms with E-state index < -0.39 is 0 Å². The lowest BCUT2D eigenvalue weighted by Gasteiger charge is -2.31. The van der Waals surface area contributed by atoms with Gasteiger partial charge in [-0.05, 0) is 59.7 Å². The molecule has 0 atom stereocenters. The first-order chi connectivity index (χ1) is 12.6. The van der Waals surface area contributed by atoms with Crippen molar-refractivity contribution in [3.05, 3.63) is 58.2 Å². The van der Waals surface area contributed by atoms with Gasteiger partial charge in [0, 0.05) is 43.7 Å². The highest BCUT2D eigenvalue weighted by Crippen LogP contribution is 2.29. The summed E-state index contributed by atoms with van der Waals surface area (Å²) in [5, 5.41) is 0. The van der Waals surface area contributed by atoms with Gasteiger partial charge in [-0.3, -0.25) is 9.78 Å². The molecule has 1 aromatic carbocycles. The van der Waals surface area contributed by atoms with Crippen molar-refractivity contribution in [1.82, 2.24) is 4.98 Å². The number of anilines is 1. The van der Waals surface area contributed by atoms with Crippen LogP contribution in [0.25, 0.3) is 0 Å². The van der Waals surface area contributed by atoms with Gasteiger partial charge in [0.2, 0.25) is 0 Å². The van der Waals surface area contributed by atoms with E-state index in [1.165, 1.54) is 6.20 Å². The maximum absolute atomic E-state index is 13.5. The topological polar surface area (TPSA) is 33.2 Å². The third kappa shape index (κ3) is 4.74. The average Bonchev–Trinajstić information content (AvgIpc) is 2.55. The van der Waals surface area contributed by atoms with Crippen molar-refractivity contribution >= 4 is 11.5 Å². The SMILES string of the molecule is Cc1cc(N2CCc3ncc(F)cc3C2)cc(C)c1CC(=O)CC(C)(C)C. The van der Waals surface area contributed by atoms with E-state index in [0.717, 1.165) is 46.6 Å². The lowest BCUT2D eigenvalue weighted by Crippen LogP contribution is -2.31. The van der Waals surface area contributed by atoms with E-state index in [4.69, 9.17) is 0 Å². The molecule has 0 amide bonds. The molecule has 3 nitrogen and oxygen atoms in total. The molecule has 2 heterocycles. The van der Waals surface area contributed by atoms with Crippen LogP contribution in [0.2, 0.25) is 0 Å². The summed E-state index contributed by atoms with van der Waals surface area (Å²) in [6.45, 7) is 12.0. The van der Waals surface area contributed by atoms with E-state index in [1.807, 2.05) is 0 Å². The molecule has 0 unspecified atom stereocenters. The zero-order chi connectivity index (χ0) is 19.8. The zero-order valence-corrected chi connectivity index (χ0v) is 17.0. The lowest BCUT2D eigenvalue weighted by molar-refractivity contribution is -0.120. The molecule has 0 bridgehead atoms. The van der Waals surface area contributed by atoms with Gasteiger partial charge < -0.3 is 4.90 Å². The molecule has 0 N–H and O–H groups in total. The second-order valence-electron chi connectivity index (χ2n) is 8.94. The molecule has 0 aliphatic carbocycles. The Balaban J connectivity index is 1.80. The second-order valence-corrected chi connectivity index (χ2v) is 8.94. The highest BCUT2D eigenvalue weighted by Gasteiger charge is 2.21. The Labute approximate surface area is 161 Å². The molecule has 0 radical (unpaired) electrons. The minimum Gasteiger partial charge on any atom is -0.367 e. The number of pyridine rings is 1. The Bertz CT molecular complexity index is 844. The van der Waals surface area contributed by atoms with Gasteiger partial charge in [-0.2, -0.15) is 0 Å². The van der Waals surface area contributed by atoms with Crippen molar-refractivity contribution in [2.24, 2.45) is 5.41 Å². The van der Waals surface area contributed by atoms with Gasteiger partial charge in [-0.25, -0.2) is 4.39 Å². The highest BCUT2D eigenvalue weighted by molar-refractivity contribution is 5.82. The van der Waals surface area contributed by atoms with Gasteiger partial charge in [-0.15, -0.1) is 0 Å². The largest absolute Gasteiger partial charge is 0.367 e. The summed E-state index contributed by atoms with van der Waals surface area (Å²) >= 11 is 0. The first-order valence-corrected chi connectivity index (χ1v) is 9.62. The van der Waals surface area contributed by atoms with E-state index in [9.17, 15) is 9.18 Å². The van der Waals surface area contributed by atoms with Gasteiger partial charge in [0.05, 0.1) is 6.20 Å². The predicted molar refractivity (Wildman–Crippen MR) is 108 cm³/mol. The average molecular weight is 368 g/mol. The number of hydrogen-bond acceptors (Lipinski definition) is 3. The van der Waals surface area contributed by atoms with E-state index in [-0.39, 0.29) is 17.0 Å². The van der Waals surface area contributed by atoms with Crippen LogP contribution in [-0.2, 0) is 24.2 Å². The molecule has 144 valence electrons. The highest BCUT2D eigenvalue weighted by atomic mass is 19.1. The van der Waals surface area contributed by atoms with Crippen LogP contribution in [-0.4, -0.2) is 17.3 Å². The standard InChI is InChI=1S/C23H29FN2O/c1-15-8-19(9-16(2)21(15)11-20(27)12-23(3,4)5)26-7-6-22-17(14-26)10-18(24)13-25-22/h8-10,13H,6-7,11-12,14H2,1-5H3. The van der Waals surface area contributed by atoms with E-state index >= 15 is 0 Å². The van der Waals surface area contributed by atoms with Crippen molar-refractivity contribution in [1.29, 1.82) is 0 Å². The molecule has 0 saturated carbocycles. The summed E-state index contributed by atoms with van der Waals surface area (Å²) in [4.78, 5) is 18.9. The number of carbonyl (C=O) groups excluding carboxylic acids is 1. The molecule has 3 rings (SSSR count). The molecule has 1 aliphatic rings. The van der Waals surface area contributed by atoms with Crippen molar-refractivity contribution in [3.8, 4) is 0 Å².